The van der Waals surface area contributed by atoms with Crippen molar-refractivity contribution in [2.45, 2.75) is 19.5 Å². The van der Waals surface area contributed by atoms with Gasteiger partial charge in [-0.25, -0.2) is 4.39 Å². The predicted molar refractivity (Wildman–Crippen MR) is 91.9 cm³/mol. The molecular formula is C19H20FN3. The fraction of sp³-hybridized carbons (Fsp3) is 0.263. The summed E-state index contributed by atoms with van der Waals surface area (Å²) in [6.45, 7) is 2.49. The molecule has 0 fully saturated rings. The van der Waals surface area contributed by atoms with Gasteiger partial charge in [0.2, 0.25) is 0 Å². The highest BCUT2D eigenvalue weighted by Crippen LogP contribution is 2.34. The zero-order valence-corrected chi connectivity index (χ0v) is 13.2. The molecule has 118 valence electrons. The lowest BCUT2D eigenvalue weighted by atomic mass is 10.00. The van der Waals surface area contributed by atoms with E-state index in [9.17, 15) is 4.39 Å². The van der Waals surface area contributed by atoms with Crippen molar-refractivity contribution in [1.29, 1.82) is 0 Å². The van der Waals surface area contributed by atoms with E-state index in [2.05, 4.69) is 39.9 Å². The minimum Gasteiger partial charge on any atom is -0.354 e. The maximum Gasteiger partial charge on any atom is 0.125 e. The van der Waals surface area contributed by atoms with Crippen molar-refractivity contribution < 1.29 is 4.39 Å². The van der Waals surface area contributed by atoms with E-state index in [0.29, 0.717) is 0 Å². The van der Waals surface area contributed by atoms with Gasteiger partial charge in [-0.3, -0.25) is 0 Å². The lowest BCUT2D eigenvalue weighted by Gasteiger charge is -2.06. The van der Waals surface area contributed by atoms with Crippen molar-refractivity contribution in [3.05, 3.63) is 58.9 Å². The Kier molecular flexibility index (Phi) is 3.63. The number of nitrogens with one attached hydrogen (secondary N) is 3. The lowest BCUT2D eigenvalue weighted by Crippen LogP contribution is -2.14. The number of benzene rings is 2. The first-order valence-electron chi connectivity index (χ1n) is 8.04. The fourth-order valence-corrected chi connectivity index (χ4v) is 3.52. The number of hydrogen-bond acceptors (Lipinski definition) is 2. The molecule has 0 bridgehead atoms. The number of rotatable bonds is 3. The van der Waals surface area contributed by atoms with Gasteiger partial charge in [0.05, 0.1) is 0 Å². The molecule has 0 aliphatic carbocycles. The van der Waals surface area contributed by atoms with Gasteiger partial charge in [-0.2, -0.15) is 0 Å². The van der Waals surface area contributed by atoms with Gasteiger partial charge < -0.3 is 15.6 Å². The van der Waals surface area contributed by atoms with Gasteiger partial charge in [0.25, 0.3) is 0 Å². The molecule has 4 heteroatoms. The minimum absolute atomic E-state index is 0.181. The first kappa shape index (κ1) is 14.4. The molecule has 0 saturated heterocycles. The molecule has 2 aromatic carbocycles. The van der Waals surface area contributed by atoms with Crippen LogP contribution in [0, 0.1) is 5.82 Å². The van der Waals surface area contributed by atoms with Crippen LogP contribution in [0.15, 0.2) is 36.4 Å². The Bertz CT molecular complexity index is 849. The van der Waals surface area contributed by atoms with E-state index in [4.69, 9.17) is 0 Å². The molecule has 0 atom stereocenters. The highest BCUT2D eigenvalue weighted by Gasteiger charge is 2.19. The van der Waals surface area contributed by atoms with Crippen molar-refractivity contribution in [3.63, 3.8) is 0 Å². The third-order valence-corrected chi connectivity index (χ3v) is 4.54. The second-order valence-corrected chi connectivity index (χ2v) is 6.12. The van der Waals surface area contributed by atoms with E-state index < -0.39 is 0 Å². The van der Waals surface area contributed by atoms with Crippen LogP contribution in [-0.2, 0) is 19.5 Å². The van der Waals surface area contributed by atoms with Crippen LogP contribution in [0.2, 0.25) is 0 Å². The van der Waals surface area contributed by atoms with Gasteiger partial charge in [-0.15, -0.1) is 0 Å². The van der Waals surface area contributed by atoms with Crippen molar-refractivity contribution in [3.8, 4) is 11.3 Å². The van der Waals surface area contributed by atoms with Crippen LogP contribution >= 0.6 is 0 Å². The highest BCUT2D eigenvalue weighted by atomic mass is 19.1. The largest absolute Gasteiger partial charge is 0.354 e. The molecule has 23 heavy (non-hydrogen) atoms. The van der Waals surface area contributed by atoms with Gasteiger partial charge in [0.15, 0.2) is 0 Å². The summed E-state index contributed by atoms with van der Waals surface area (Å²) in [6, 6.07) is 11.8. The summed E-state index contributed by atoms with van der Waals surface area (Å²) in [5.41, 5.74) is 6.76. The molecule has 4 rings (SSSR count). The Balaban J connectivity index is 1.88. The van der Waals surface area contributed by atoms with Gasteiger partial charge >= 0.3 is 0 Å². The van der Waals surface area contributed by atoms with Crippen LogP contribution in [0.4, 0.5) is 4.39 Å². The Hall–Kier alpha value is -2.17. The first-order chi connectivity index (χ1) is 11.3. The molecule has 3 N–H and O–H groups in total. The lowest BCUT2D eigenvalue weighted by molar-refractivity contribution is 0.624. The van der Waals surface area contributed by atoms with Crippen LogP contribution in [0.25, 0.3) is 22.2 Å². The van der Waals surface area contributed by atoms with Crippen molar-refractivity contribution >= 4 is 10.9 Å². The monoisotopic (exact) mass is 309 g/mol. The molecule has 3 aromatic rings. The maximum atomic E-state index is 13.9. The van der Waals surface area contributed by atoms with E-state index in [0.717, 1.165) is 48.4 Å². The second kappa shape index (κ2) is 5.80. The molecule has 0 amide bonds. The molecular weight excluding hydrogens is 289 g/mol. The Morgan fingerprint density at radius 2 is 2.00 bits per heavy atom. The number of halogens is 1. The standard InChI is InChI=1S/C19H20FN3/c1-21-10-12-2-4-13(5-3-12)19-16-6-7-22-11-14-8-15(20)9-17(23-19)18(14)16/h2-5,8-9,21-23H,6-7,10-11H2,1H3. The van der Waals surface area contributed by atoms with Crippen molar-refractivity contribution in [2.75, 3.05) is 13.6 Å². The van der Waals surface area contributed by atoms with E-state index in [1.807, 2.05) is 7.05 Å². The zero-order chi connectivity index (χ0) is 15.8. The summed E-state index contributed by atoms with van der Waals surface area (Å²) in [5, 5.41) is 7.73. The van der Waals surface area contributed by atoms with E-state index in [1.54, 1.807) is 12.1 Å². The average Bonchev–Trinajstić information content (AvgIpc) is 2.77. The minimum atomic E-state index is -0.181. The first-order valence-corrected chi connectivity index (χ1v) is 8.04. The Morgan fingerprint density at radius 3 is 2.78 bits per heavy atom. The van der Waals surface area contributed by atoms with Gasteiger partial charge in [0, 0.05) is 29.7 Å². The average molecular weight is 309 g/mol. The van der Waals surface area contributed by atoms with Gasteiger partial charge in [-0.05, 0) is 54.4 Å². The van der Waals surface area contributed by atoms with Crippen molar-refractivity contribution in [1.82, 2.24) is 15.6 Å². The number of aromatic amines is 1. The summed E-state index contributed by atoms with van der Waals surface area (Å²) in [6.07, 6.45) is 0.951. The number of aromatic nitrogens is 1. The molecule has 1 aromatic heterocycles. The molecule has 0 radical (unpaired) electrons. The van der Waals surface area contributed by atoms with Crippen LogP contribution in [-0.4, -0.2) is 18.6 Å². The third-order valence-electron chi connectivity index (χ3n) is 4.54. The quantitative estimate of drug-likeness (QED) is 0.694. The summed E-state index contributed by atoms with van der Waals surface area (Å²) in [5.74, 6) is -0.181. The maximum absolute atomic E-state index is 13.9. The van der Waals surface area contributed by atoms with E-state index in [1.165, 1.54) is 16.5 Å². The summed E-state index contributed by atoms with van der Waals surface area (Å²) >= 11 is 0. The van der Waals surface area contributed by atoms with Crippen LogP contribution in [0.3, 0.4) is 0 Å². The van der Waals surface area contributed by atoms with Crippen LogP contribution in [0.1, 0.15) is 16.7 Å². The summed E-state index contributed by atoms with van der Waals surface area (Å²) in [4.78, 5) is 3.45. The number of hydrogen-bond donors (Lipinski definition) is 3. The molecule has 0 spiro atoms. The molecule has 0 saturated carbocycles. The Morgan fingerprint density at radius 1 is 1.17 bits per heavy atom. The van der Waals surface area contributed by atoms with E-state index >= 15 is 0 Å². The van der Waals surface area contributed by atoms with Gasteiger partial charge in [-0.1, -0.05) is 24.3 Å². The fourth-order valence-electron chi connectivity index (χ4n) is 3.52. The third kappa shape index (κ3) is 2.54. The summed E-state index contributed by atoms with van der Waals surface area (Å²) < 4.78 is 13.9. The normalized spacial score (nSPS) is 14.2. The van der Waals surface area contributed by atoms with Crippen LogP contribution in [0.5, 0.6) is 0 Å². The zero-order valence-electron chi connectivity index (χ0n) is 13.2. The van der Waals surface area contributed by atoms with E-state index in [-0.39, 0.29) is 5.82 Å². The second-order valence-electron chi connectivity index (χ2n) is 6.12. The van der Waals surface area contributed by atoms with Crippen molar-refractivity contribution in [2.24, 2.45) is 0 Å². The predicted octanol–water partition coefficient (Wildman–Crippen LogP) is 3.34. The topological polar surface area (TPSA) is 39.9 Å². The molecule has 3 nitrogen and oxygen atoms in total. The van der Waals surface area contributed by atoms with Gasteiger partial charge in [0.1, 0.15) is 5.82 Å². The number of H-pyrrole nitrogens is 1. The highest BCUT2D eigenvalue weighted by molar-refractivity contribution is 5.93. The molecule has 1 aliphatic heterocycles. The smallest absolute Gasteiger partial charge is 0.125 e. The molecule has 2 heterocycles. The molecule has 0 unspecified atom stereocenters. The summed E-state index contributed by atoms with van der Waals surface area (Å²) in [7, 11) is 1.95. The SMILES string of the molecule is CNCc1ccc(-c2[nH]c3cc(F)cc4c3c2CCNC4)cc1. The van der Waals surface area contributed by atoms with Crippen LogP contribution < -0.4 is 10.6 Å². The molecule has 1 aliphatic rings. The Labute approximate surface area is 134 Å².